The fraction of sp³-hybridized carbons (Fsp3) is 0.519. The number of ether oxygens (including phenoxy) is 2. The summed E-state index contributed by atoms with van der Waals surface area (Å²) in [7, 11) is 1.69. The molecule has 1 aliphatic rings. The average molecular weight is 429 g/mol. The molecule has 0 aliphatic carbocycles. The third-order valence-corrected chi connectivity index (χ3v) is 5.11. The Morgan fingerprint density at radius 3 is 2.61 bits per heavy atom. The second-order valence-corrected chi connectivity index (χ2v) is 8.19. The van der Waals surface area contributed by atoms with Gasteiger partial charge in [0.2, 0.25) is 0 Å². The van der Waals surface area contributed by atoms with Crippen LogP contribution in [0, 0.1) is 5.92 Å². The van der Waals surface area contributed by atoms with Gasteiger partial charge < -0.3 is 14.6 Å². The first-order valence-electron chi connectivity index (χ1n) is 11.2. The highest BCUT2D eigenvalue weighted by atomic mass is 16.5. The number of carbonyl (C=O) groups is 1. The van der Waals surface area contributed by atoms with Crippen molar-refractivity contribution in [2.75, 3.05) is 7.11 Å². The molecule has 4 atom stereocenters. The second-order valence-electron chi connectivity index (χ2n) is 8.19. The largest absolute Gasteiger partial charge is 0.458 e. The summed E-state index contributed by atoms with van der Waals surface area (Å²) in [5, 5.41) is 10.2. The molecule has 4 heteroatoms. The standard InChI is InChI=1S/C27H40O4/c1-6-7-13-22(3)19-25-16-11-9-8-10-14-21(2)18-23(4)26(30-5)17-12-15-24(28)20-27(29)31-25/h6-12,15,18-19,21,24-26,28H,13-14,16-17,20H2,1-5H3. The molecule has 4 unspecified atom stereocenters. The highest BCUT2D eigenvalue weighted by Gasteiger charge is 2.15. The fourth-order valence-corrected chi connectivity index (χ4v) is 3.41. The quantitative estimate of drug-likeness (QED) is 0.440. The van der Waals surface area contributed by atoms with Gasteiger partial charge in [0, 0.05) is 13.5 Å². The van der Waals surface area contributed by atoms with Crippen LogP contribution in [0.1, 0.15) is 59.8 Å². The minimum atomic E-state index is -0.876. The molecule has 0 saturated heterocycles. The van der Waals surface area contributed by atoms with Gasteiger partial charge in [0.15, 0.2) is 0 Å². The van der Waals surface area contributed by atoms with Crippen molar-refractivity contribution >= 4 is 5.97 Å². The van der Waals surface area contributed by atoms with E-state index in [4.69, 9.17) is 9.47 Å². The van der Waals surface area contributed by atoms with Crippen LogP contribution in [0.25, 0.3) is 0 Å². The van der Waals surface area contributed by atoms with Crippen molar-refractivity contribution in [2.45, 2.75) is 78.1 Å². The number of rotatable bonds is 4. The molecule has 0 fully saturated rings. The summed E-state index contributed by atoms with van der Waals surface area (Å²) in [6.07, 6.45) is 21.7. The Kier molecular flexibility index (Phi) is 13.5. The van der Waals surface area contributed by atoms with Crippen LogP contribution >= 0.6 is 0 Å². The molecule has 1 heterocycles. The maximum atomic E-state index is 12.4. The van der Waals surface area contributed by atoms with Gasteiger partial charge in [-0.3, -0.25) is 4.79 Å². The Morgan fingerprint density at radius 1 is 1.23 bits per heavy atom. The van der Waals surface area contributed by atoms with Crippen molar-refractivity contribution in [2.24, 2.45) is 5.92 Å². The first kappa shape index (κ1) is 26.9. The van der Waals surface area contributed by atoms with Crippen molar-refractivity contribution < 1.29 is 19.4 Å². The smallest absolute Gasteiger partial charge is 0.309 e. The maximum Gasteiger partial charge on any atom is 0.309 e. The summed E-state index contributed by atoms with van der Waals surface area (Å²) in [6.45, 7) is 8.28. The summed E-state index contributed by atoms with van der Waals surface area (Å²) >= 11 is 0. The van der Waals surface area contributed by atoms with Crippen LogP contribution in [0.5, 0.6) is 0 Å². The highest BCUT2D eigenvalue weighted by Crippen LogP contribution is 2.17. The number of cyclic esters (lactones) is 1. The van der Waals surface area contributed by atoms with Crippen molar-refractivity contribution in [1.29, 1.82) is 0 Å². The lowest BCUT2D eigenvalue weighted by atomic mass is 9.99. The molecule has 0 aromatic carbocycles. The molecular formula is C27H40O4. The van der Waals surface area contributed by atoms with Crippen LogP contribution in [-0.2, 0) is 14.3 Å². The molecule has 0 aromatic rings. The minimum absolute atomic E-state index is 0.0460. The predicted octanol–water partition coefficient (Wildman–Crippen LogP) is 6.01. The zero-order chi connectivity index (χ0) is 23.1. The lowest BCUT2D eigenvalue weighted by Gasteiger charge is -2.17. The van der Waals surface area contributed by atoms with Crippen LogP contribution in [0.2, 0.25) is 0 Å². The molecule has 0 saturated carbocycles. The normalized spacial score (nSPS) is 27.6. The van der Waals surface area contributed by atoms with Crippen LogP contribution in [0.15, 0.2) is 71.9 Å². The second kappa shape index (κ2) is 15.6. The minimum Gasteiger partial charge on any atom is -0.458 e. The van der Waals surface area contributed by atoms with Gasteiger partial charge in [0.1, 0.15) is 6.10 Å². The molecule has 0 aromatic heterocycles. The van der Waals surface area contributed by atoms with Gasteiger partial charge in [-0.05, 0) is 57.6 Å². The van der Waals surface area contributed by atoms with Crippen molar-refractivity contribution in [3.8, 4) is 0 Å². The Balaban J connectivity index is 3.01. The molecule has 1 N–H and O–H groups in total. The lowest BCUT2D eigenvalue weighted by molar-refractivity contribution is -0.148. The maximum absolute atomic E-state index is 12.4. The van der Waals surface area contributed by atoms with Gasteiger partial charge in [0.25, 0.3) is 0 Å². The summed E-state index contributed by atoms with van der Waals surface area (Å²) in [4.78, 5) is 12.4. The number of hydrogen-bond donors (Lipinski definition) is 1. The van der Waals surface area contributed by atoms with E-state index in [9.17, 15) is 9.90 Å². The molecule has 0 amide bonds. The molecule has 1 aliphatic heterocycles. The number of aliphatic hydroxyl groups is 1. The Hall–Kier alpha value is -2.17. The number of allylic oxidation sites excluding steroid dienone is 7. The molecular weight excluding hydrogens is 388 g/mol. The van der Waals surface area contributed by atoms with Crippen molar-refractivity contribution in [3.05, 3.63) is 71.9 Å². The van der Waals surface area contributed by atoms with E-state index in [2.05, 4.69) is 32.1 Å². The number of aliphatic hydroxyl groups excluding tert-OH is 1. The average Bonchev–Trinajstić information content (AvgIpc) is 2.71. The molecule has 31 heavy (non-hydrogen) atoms. The Labute approximate surface area is 188 Å². The summed E-state index contributed by atoms with van der Waals surface area (Å²) in [5.74, 6) is -0.00264. The lowest BCUT2D eigenvalue weighted by Crippen LogP contribution is -2.20. The van der Waals surface area contributed by atoms with Crippen molar-refractivity contribution in [1.82, 2.24) is 0 Å². The SMILES string of the molecule is CC=CCC(C)=CC1CC=CC=CCC(C)C=C(C)C(OC)CC=CC(O)CC(=O)O1. The van der Waals surface area contributed by atoms with Gasteiger partial charge in [-0.25, -0.2) is 0 Å². The number of methoxy groups -OCH3 is 1. The third kappa shape index (κ3) is 12.3. The van der Waals surface area contributed by atoms with E-state index in [1.807, 2.05) is 50.3 Å². The van der Waals surface area contributed by atoms with E-state index in [1.54, 1.807) is 13.2 Å². The highest BCUT2D eigenvalue weighted by molar-refractivity contribution is 5.70. The van der Waals surface area contributed by atoms with Gasteiger partial charge in [0.05, 0.1) is 18.6 Å². The van der Waals surface area contributed by atoms with E-state index in [0.717, 1.165) is 18.4 Å². The van der Waals surface area contributed by atoms with Gasteiger partial charge in [-0.1, -0.05) is 67.2 Å². The van der Waals surface area contributed by atoms with Crippen molar-refractivity contribution in [3.63, 3.8) is 0 Å². The van der Waals surface area contributed by atoms with Gasteiger partial charge >= 0.3 is 5.97 Å². The number of hydrogen-bond acceptors (Lipinski definition) is 4. The van der Waals surface area contributed by atoms with Gasteiger partial charge in [-0.15, -0.1) is 0 Å². The molecule has 0 radical (unpaired) electrons. The van der Waals surface area contributed by atoms with E-state index in [1.165, 1.54) is 5.57 Å². The summed E-state index contributed by atoms with van der Waals surface area (Å²) in [5.41, 5.74) is 2.31. The molecule has 0 bridgehead atoms. The molecule has 1 rings (SSSR count). The zero-order valence-electron chi connectivity index (χ0n) is 19.8. The van der Waals surface area contributed by atoms with Crippen LogP contribution in [0.3, 0.4) is 0 Å². The number of esters is 1. The zero-order valence-corrected chi connectivity index (χ0v) is 19.8. The number of carbonyl (C=O) groups excluding carboxylic acids is 1. The fourth-order valence-electron chi connectivity index (χ4n) is 3.41. The van der Waals surface area contributed by atoms with E-state index < -0.39 is 12.1 Å². The van der Waals surface area contributed by atoms with Crippen LogP contribution in [0.4, 0.5) is 0 Å². The Morgan fingerprint density at radius 2 is 1.94 bits per heavy atom. The first-order chi connectivity index (χ1) is 14.8. The van der Waals surface area contributed by atoms with Crippen LogP contribution < -0.4 is 0 Å². The summed E-state index contributed by atoms with van der Waals surface area (Å²) < 4.78 is 11.2. The topological polar surface area (TPSA) is 55.8 Å². The first-order valence-corrected chi connectivity index (χ1v) is 11.2. The summed E-state index contributed by atoms with van der Waals surface area (Å²) in [6, 6.07) is 0. The predicted molar refractivity (Wildman–Crippen MR) is 129 cm³/mol. The van der Waals surface area contributed by atoms with E-state index >= 15 is 0 Å². The monoisotopic (exact) mass is 428 g/mol. The Bertz CT molecular complexity index is 709. The van der Waals surface area contributed by atoms with E-state index in [-0.39, 0.29) is 18.6 Å². The third-order valence-electron chi connectivity index (χ3n) is 5.11. The van der Waals surface area contributed by atoms with Crippen LogP contribution in [-0.4, -0.2) is 36.5 Å². The molecule has 4 nitrogen and oxygen atoms in total. The van der Waals surface area contributed by atoms with E-state index in [0.29, 0.717) is 18.8 Å². The molecule has 0 spiro atoms. The molecule has 172 valence electrons. The van der Waals surface area contributed by atoms with Gasteiger partial charge in [-0.2, -0.15) is 0 Å².